The first-order chi connectivity index (χ1) is 9.29. The summed E-state index contributed by atoms with van der Waals surface area (Å²) >= 11 is 1.23. The molecule has 1 rings (SSSR count). The van der Waals surface area contributed by atoms with Crippen LogP contribution in [0.15, 0.2) is 5.38 Å². The third-order valence-electron chi connectivity index (χ3n) is 2.34. The normalized spacial score (nSPS) is 11.9. The van der Waals surface area contributed by atoms with E-state index in [0.29, 0.717) is 5.13 Å². The van der Waals surface area contributed by atoms with Crippen LogP contribution in [-0.4, -0.2) is 34.0 Å². The molecule has 0 radical (unpaired) electrons. The molecule has 0 aliphatic heterocycles. The van der Waals surface area contributed by atoms with Gasteiger partial charge >= 0.3 is 12.0 Å². The van der Waals surface area contributed by atoms with E-state index in [1.807, 2.05) is 13.8 Å². The van der Waals surface area contributed by atoms with Gasteiger partial charge in [0.15, 0.2) is 5.13 Å². The van der Waals surface area contributed by atoms with Crippen molar-refractivity contribution >= 4 is 34.4 Å². The van der Waals surface area contributed by atoms with Crippen molar-refractivity contribution < 1.29 is 19.5 Å². The van der Waals surface area contributed by atoms with Gasteiger partial charge in [-0.15, -0.1) is 11.3 Å². The summed E-state index contributed by atoms with van der Waals surface area (Å²) in [5, 5.41) is 15.6. The van der Waals surface area contributed by atoms with Gasteiger partial charge in [0, 0.05) is 5.38 Å². The Hall–Kier alpha value is -2.16. The van der Waals surface area contributed by atoms with Crippen molar-refractivity contribution in [2.24, 2.45) is 5.73 Å². The summed E-state index contributed by atoms with van der Waals surface area (Å²) in [6.07, 6.45) is -0.474. The quantitative estimate of drug-likeness (QED) is 0.614. The maximum Gasteiger partial charge on any atom is 0.326 e. The van der Waals surface area contributed by atoms with Crippen LogP contribution < -0.4 is 16.4 Å². The van der Waals surface area contributed by atoms with Crippen molar-refractivity contribution in [2.75, 3.05) is 5.32 Å². The highest BCUT2D eigenvalue weighted by atomic mass is 32.1. The van der Waals surface area contributed by atoms with Gasteiger partial charge in [-0.3, -0.25) is 10.1 Å². The second kappa shape index (κ2) is 6.85. The Balaban J connectivity index is 2.60. The number of nitrogens with zero attached hydrogens (tertiary/aromatic N) is 1. The number of amides is 3. The Morgan fingerprint density at radius 2 is 2.10 bits per heavy atom. The molecule has 0 saturated carbocycles. The molecule has 0 aliphatic rings. The number of hydrogen-bond donors (Lipinski definition) is 4. The monoisotopic (exact) mass is 300 g/mol. The topological polar surface area (TPSA) is 134 Å². The summed E-state index contributed by atoms with van der Waals surface area (Å²) < 4.78 is 0. The lowest BCUT2D eigenvalue weighted by Crippen LogP contribution is -2.45. The standard InChI is InChI=1S/C11H16N4O4S/c1-5(2)7-4-20-11(14-7)15-10(19)13-6(9(17)18)3-8(12)16/h4-6H,3H2,1-2H3,(H2,12,16)(H,17,18)(H2,13,14,15,19)/t6-/m0/s1. The Labute approximate surface area is 119 Å². The van der Waals surface area contributed by atoms with E-state index >= 15 is 0 Å². The summed E-state index contributed by atoms with van der Waals surface area (Å²) in [5.74, 6) is -1.92. The number of hydrogen-bond acceptors (Lipinski definition) is 5. The molecule has 1 aromatic heterocycles. The molecule has 1 aromatic rings. The predicted octanol–water partition coefficient (Wildman–Crippen LogP) is 0.717. The lowest BCUT2D eigenvalue weighted by atomic mass is 10.2. The summed E-state index contributed by atoms with van der Waals surface area (Å²) in [5.41, 5.74) is 5.74. The van der Waals surface area contributed by atoms with Crippen LogP contribution >= 0.6 is 11.3 Å². The van der Waals surface area contributed by atoms with Gasteiger partial charge in [-0.2, -0.15) is 0 Å². The molecule has 0 bridgehead atoms. The zero-order valence-electron chi connectivity index (χ0n) is 11.0. The van der Waals surface area contributed by atoms with Gasteiger partial charge < -0.3 is 16.2 Å². The van der Waals surface area contributed by atoms with Crippen LogP contribution in [-0.2, 0) is 9.59 Å². The predicted molar refractivity (Wildman–Crippen MR) is 73.6 cm³/mol. The summed E-state index contributed by atoms with van der Waals surface area (Å²) in [7, 11) is 0. The molecule has 3 amide bonds. The minimum absolute atomic E-state index is 0.228. The van der Waals surface area contributed by atoms with Crippen LogP contribution in [0.4, 0.5) is 9.93 Å². The molecule has 0 aliphatic carbocycles. The molecule has 20 heavy (non-hydrogen) atoms. The van der Waals surface area contributed by atoms with Crippen molar-refractivity contribution in [1.82, 2.24) is 10.3 Å². The third kappa shape index (κ3) is 4.84. The van der Waals surface area contributed by atoms with Gasteiger partial charge in [-0.05, 0) is 5.92 Å². The first kappa shape index (κ1) is 15.9. The van der Waals surface area contributed by atoms with Crippen LogP contribution in [0, 0.1) is 0 Å². The number of carbonyl (C=O) groups is 3. The average Bonchev–Trinajstić information content (AvgIpc) is 2.75. The molecule has 0 fully saturated rings. The fourth-order valence-electron chi connectivity index (χ4n) is 1.30. The fourth-order valence-corrected chi connectivity index (χ4v) is 2.17. The maximum absolute atomic E-state index is 11.6. The average molecular weight is 300 g/mol. The summed E-state index contributed by atoms with van der Waals surface area (Å²) in [6, 6.07) is -2.11. The highest BCUT2D eigenvalue weighted by molar-refractivity contribution is 7.13. The molecule has 8 nitrogen and oxygen atoms in total. The molecule has 0 unspecified atom stereocenters. The van der Waals surface area contributed by atoms with Crippen molar-refractivity contribution in [1.29, 1.82) is 0 Å². The maximum atomic E-state index is 11.6. The number of aromatic nitrogens is 1. The van der Waals surface area contributed by atoms with Gasteiger partial charge in [0.2, 0.25) is 5.91 Å². The van der Waals surface area contributed by atoms with Crippen LogP contribution in [0.2, 0.25) is 0 Å². The van der Waals surface area contributed by atoms with E-state index in [0.717, 1.165) is 5.69 Å². The second-order valence-corrected chi connectivity index (χ2v) is 5.25. The van der Waals surface area contributed by atoms with E-state index in [-0.39, 0.29) is 5.92 Å². The lowest BCUT2D eigenvalue weighted by molar-refractivity contribution is -0.140. The fraction of sp³-hybridized carbons (Fsp3) is 0.455. The van der Waals surface area contributed by atoms with Gasteiger partial charge in [0.05, 0.1) is 12.1 Å². The summed E-state index contributed by atoms with van der Waals surface area (Å²) in [6.45, 7) is 3.93. The number of thiazole rings is 1. The minimum atomic E-state index is -1.36. The van der Waals surface area contributed by atoms with Gasteiger partial charge in [0.25, 0.3) is 0 Å². The Bertz CT molecular complexity index is 514. The molecule has 0 saturated heterocycles. The Morgan fingerprint density at radius 3 is 2.55 bits per heavy atom. The number of nitrogens with two attached hydrogens (primary N) is 1. The van der Waals surface area contributed by atoms with Gasteiger partial charge in [-0.1, -0.05) is 13.8 Å². The zero-order chi connectivity index (χ0) is 15.3. The van der Waals surface area contributed by atoms with E-state index in [2.05, 4.69) is 15.6 Å². The van der Waals surface area contributed by atoms with Crippen molar-refractivity contribution in [2.45, 2.75) is 32.2 Å². The van der Waals surface area contributed by atoms with Crippen LogP contribution in [0.3, 0.4) is 0 Å². The van der Waals surface area contributed by atoms with Gasteiger partial charge in [0.1, 0.15) is 6.04 Å². The SMILES string of the molecule is CC(C)c1csc(NC(=O)N[C@@H](CC(N)=O)C(=O)O)n1. The van der Waals surface area contributed by atoms with Gasteiger partial charge in [-0.25, -0.2) is 14.6 Å². The highest BCUT2D eigenvalue weighted by Crippen LogP contribution is 2.21. The van der Waals surface area contributed by atoms with E-state index in [1.54, 1.807) is 5.38 Å². The van der Waals surface area contributed by atoms with Crippen molar-refractivity contribution in [3.63, 3.8) is 0 Å². The molecular formula is C11H16N4O4S. The number of rotatable bonds is 6. The molecule has 110 valence electrons. The Kier molecular flexibility index (Phi) is 5.44. The number of carboxylic acids is 1. The van der Waals surface area contributed by atoms with Crippen molar-refractivity contribution in [3.05, 3.63) is 11.1 Å². The molecule has 9 heteroatoms. The number of carbonyl (C=O) groups excluding carboxylic acids is 2. The number of carboxylic acid groups (broad SMARTS) is 1. The van der Waals surface area contributed by atoms with E-state index in [1.165, 1.54) is 11.3 Å². The molecular weight excluding hydrogens is 284 g/mol. The number of primary amides is 1. The van der Waals surface area contributed by atoms with Crippen LogP contribution in [0.25, 0.3) is 0 Å². The molecule has 0 spiro atoms. The molecule has 5 N–H and O–H groups in total. The number of anilines is 1. The van der Waals surface area contributed by atoms with E-state index in [4.69, 9.17) is 10.8 Å². The highest BCUT2D eigenvalue weighted by Gasteiger charge is 2.22. The number of nitrogens with one attached hydrogen (secondary N) is 2. The van der Waals surface area contributed by atoms with E-state index < -0.39 is 30.4 Å². The van der Waals surface area contributed by atoms with E-state index in [9.17, 15) is 14.4 Å². The molecule has 1 heterocycles. The first-order valence-electron chi connectivity index (χ1n) is 5.83. The Morgan fingerprint density at radius 1 is 1.45 bits per heavy atom. The lowest BCUT2D eigenvalue weighted by Gasteiger charge is -2.12. The van der Waals surface area contributed by atoms with Crippen LogP contribution in [0.5, 0.6) is 0 Å². The molecule has 1 atom stereocenters. The third-order valence-corrected chi connectivity index (χ3v) is 3.12. The smallest absolute Gasteiger partial charge is 0.326 e. The molecule has 0 aromatic carbocycles. The second-order valence-electron chi connectivity index (χ2n) is 4.39. The number of urea groups is 1. The summed E-state index contributed by atoms with van der Waals surface area (Å²) in [4.78, 5) is 37.3. The minimum Gasteiger partial charge on any atom is -0.480 e. The van der Waals surface area contributed by atoms with Crippen LogP contribution in [0.1, 0.15) is 31.9 Å². The van der Waals surface area contributed by atoms with Crippen molar-refractivity contribution in [3.8, 4) is 0 Å². The number of aliphatic carboxylic acids is 1. The first-order valence-corrected chi connectivity index (χ1v) is 6.71. The largest absolute Gasteiger partial charge is 0.480 e. The zero-order valence-corrected chi connectivity index (χ0v) is 11.9.